The van der Waals surface area contributed by atoms with E-state index in [1.165, 1.54) is 0 Å². The first kappa shape index (κ1) is 10.2. The smallest absolute Gasteiger partial charge is 0.310 e. The number of hydrogen-bond acceptors (Lipinski definition) is 3. The van der Waals surface area contributed by atoms with Gasteiger partial charge in [0.2, 0.25) is 0 Å². The van der Waals surface area contributed by atoms with Gasteiger partial charge in [-0.1, -0.05) is 20.8 Å². The highest BCUT2D eigenvalue weighted by Gasteiger charge is 2.43. The molecule has 0 aromatic rings. The van der Waals surface area contributed by atoms with Gasteiger partial charge in [-0.05, 0) is 0 Å². The van der Waals surface area contributed by atoms with Crippen LogP contribution in [0.1, 0.15) is 33.6 Å². The SMILES string of the molecule is CCC(=O)C[C@H]1C(=O)OCC1(C)C. The highest BCUT2D eigenvalue weighted by molar-refractivity contribution is 5.85. The highest BCUT2D eigenvalue weighted by atomic mass is 16.5. The normalized spacial score (nSPS) is 25.8. The van der Waals surface area contributed by atoms with Gasteiger partial charge in [-0.15, -0.1) is 0 Å². The van der Waals surface area contributed by atoms with Crippen molar-refractivity contribution in [2.75, 3.05) is 6.61 Å². The monoisotopic (exact) mass is 184 g/mol. The van der Waals surface area contributed by atoms with Crippen molar-refractivity contribution in [3.05, 3.63) is 0 Å². The lowest BCUT2D eigenvalue weighted by Crippen LogP contribution is -2.26. The van der Waals surface area contributed by atoms with E-state index >= 15 is 0 Å². The van der Waals surface area contributed by atoms with E-state index in [9.17, 15) is 9.59 Å². The molecule has 0 saturated carbocycles. The van der Waals surface area contributed by atoms with Crippen LogP contribution < -0.4 is 0 Å². The fourth-order valence-corrected chi connectivity index (χ4v) is 1.51. The minimum absolute atomic E-state index is 0.136. The third-order valence-electron chi connectivity index (χ3n) is 2.64. The van der Waals surface area contributed by atoms with E-state index < -0.39 is 0 Å². The van der Waals surface area contributed by atoms with Crippen LogP contribution in [0.4, 0.5) is 0 Å². The zero-order valence-corrected chi connectivity index (χ0v) is 8.42. The van der Waals surface area contributed by atoms with Gasteiger partial charge in [0, 0.05) is 18.3 Å². The maximum atomic E-state index is 11.3. The Labute approximate surface area is 78.5 Å². The first-order valence-corrected chi connectivity index (χ1v) is 4.65. The molecular weight excluding hydrogens is 168 g/mol. The maximum Gasteiger partial charge on any atom is 0.310 e. The number of ether oxygens (including phenoxy) is 1. The van der Waals surface area contributed by atoms with E-state index in [1.54, 1.807) is 0 Å². The van der Waals surface area contributed by atoms with Crippen LogP contribution in [0.15, 0.2) is 0 Å². The van der Waals surface area contributed by atoms with E-state index in [4.69, 9.17) is 4.74 Å². The average molecular weight is 184 g/mol. The summed E-state index contributed by atoms with van der Waals surface area (Å²) in [6, 6.07) is 0. The number of ketones is 1. The minimum atomic E-state index is -0.236. The summed E-state index contributed by atoms with van der Waals surface area (Å²) in [5.74, 6) is -0.316. The van der Waals surface area contributed by atoms with Crippen molar-refractivity contribution in [3.8, 4) is 0 Å². The van der Waals surface area contributed by atoms with Crippen LogP contribution in [0.3, 0.4) is 0 Å². The van der Waals surface area contributed by atoms with Crippen LogP contribution in [-0.4, -0.2) is 18.4 Å². The third-order valence-corrected chi connectivity index (χ3v) is 2.64. The highest BCUT2D eigenvalue weighted by Crippen LogP contribution is 2.36. The van der Waals surface area contributed by atoms with Crippen molar-refractivity contribution in [2.45, 2.75) is 33.6 Å². The van der Waals surface area contributed by atoms with Gasteiger partial charge in [0.05, 0.1) is 12.5 Å². The topological polar surface area (TPSA) is 43.4 Å². The Hall–Kier alpha value is -0.860. The molecule has 0 spiro atoms. The summed E-state index contributed by atoms with van der Waals surface area (Å²) in [6.45, 7) is 6.18. The Balaban J connectivity index is 2.66. The van der Waals surface area contributed by atoms with Crippen molar-refractivity contribution in [1.82, 2.24) is 0 Å². The van der Waals surface area contributed by atoms with Gasteiger partial charge in [0.25, 0.3) is 0 Å². The van der Waals surface area contributed by atoms with E-state index in [1.807, 2.05) is 20.8 Å². The molecule has 1 aliphatic rings. The van der Waals surface area contributed by atoms with E-state index in [-0.39, 0.29) is 23.1 Å². The van der Waals surface area contributed by atoms with Gasteiger partial charge >= 0.3 is 5.97 Å². The summed E-state index contributed by atoms with van der Waals surface area (Å²) >= 11 is 0. The molecule has 0 aromatic heterocycles. The number of carbonyl (C=O) groups is 2. The van der Waals surface area contributed by atoms with E-state index in [2.05, 4.69) is 0 Å². The minimum Gasteiger partial charge on any atom is -0.465 e. The second kappa shape index (κ2) is 3.48. The lowest BCUT2D eigenvalue weighted by Gasteiger charge is -2.20. The maximum absolute atomic E-state index is 11.3. The van der Waals surface area contributed by atoms with Crippen molar-refractivity contribution in [3.63, 3.8) is 0 Å². The second-order valence-corrected chi connectivity index (χ2v) is 4.25. The standard InChI is InChI=1S/C10H16O3/c1-4-7(11)5-8-9(12)13-6-10(8,2)3/h8H,4-6H2,1-3H3/t8-/m0/s1. The van der Waals surface area contributed by atoms with Crippen molar-refractivity contribution >= 4 is 11.8 Å². The Morgan fingerprint density at radius 3 is 2.62 bits per heavy atom. The van der Waals surface area contributed by atoms with Crippen LogP contribution in [0.2, 0.25) is 0 Å². The van der Waals surface area contributed by atoms with Crippen LogP contribution in [0.25, 0.3) is 0 Å². The third kappa shape index (κ3) is 2.08. The fourth-order valence-electron chi connectivity index (χ4n) is 1.51. The van der Waals surface area contributed by atoms with E-state index in [0.29, 0.717) is 19.4 Å². The molecule has 1 saturated heterocycles. The van der Waals surface area contributed by atoms with E-state index in [0.717, 1.165) is 0 Å². The first-order chi connectivity index (χ1) is 5.97. The molecule has 1 atom stereocenters. The fraction of sp³-hybridized carbons (Fsp3) is 0.800. The summed E-state index contributed by atoms with van der Waals surface area (Å²) in [4.78, 5) is 22.5. The Bertz CT molecular complexity index is 230. The van der Waals surface area contributed by atoms with Crippen molar-refractivity contribution in [1.29, 1.82) is 0 Å². The van der Waals surface area contributed by atoms with Gasteiger partial charge in [-0.25, -0.2) is 0 Å². The number of Topliss-reactive ketones (excluding diaryl/α,β-unsaturated/α-hetero) is 1. The molecule has 1 aliphatic heterocycles. The molecular formula is C10H16O3. The molecule has 0 unspecified atom stereocenters. The zero-order valence-electron chi connectivity index (χ0n) is 8.42. The molecule has 3 heteroatoms. The van der Waals surface area contributed by atoms with Crippen LogP contribution in [-0.2, 0) is 14.3 Å². The summed E-state index contributed by atoms with van der Waals surface area (Å²) in [6.07, 6.45) is 0.836. The van der Waals surface area contributed by atoms with Crippen LogP contribution in [0.5, 0.6) is 0 Å². The molecule has 1 heterocycles. The molecule has 0 aromatic carbocycles. The zero-order chi connectivity index (χ0) is 10.1. The number of rotatable bonds is 3. The van der Waals surface area contributed by atoms with Crippen LogP contribution >= 0.6 is 0 Å². The first-order valence-electron chi connectivity index (χ1n) is 4.65. The molecule has 0 amide bonds. The Kier molecular flexibility index (Phi) is 2.74. The van der Waals surface area contributed by atoms with Gasteiger partial charge in [0.1, 0.15) is 5.78 Å². The number of hydrogen-bond donors (Lipinski definition) is 0. The quantitative estimate of drug-likeness (QED) is 0.625. The molecule has 0 aliphatic carbocycles. The van der Waals surface area contributed by atoms with Gasteiger partial charge in [0.15, 0.2) is 0 Å². The molecule has 74 valence electrons. The molecule has 0 radical (unpaired) electrons. The summed E-state index contributed by atoms with van der Waals surface area (Å²) in [5.41, 5.74) is -0.179. The Morgan fingerprint density at radius 1 is 1.62 bits per heavy atom. The molecule has 1 rings (SSSR count). The summed E-state index contributed by atoms with van der Waals surface area (Å²) < 4.78 is 4.93. The number of cyclic esters (lactones) is 1. The summed E-state index contributed by atoms with van der Waals surface area (Å²) in [7, 11) is 0. The van der Waals surface area contributed by atoms with Crippen molar-refractivity contribution in [2.24, 2.45) is 11.3 Å². The van der Waals surface area contributed by atoms with Crippen LogP contribution in [0, 0.1) is 11.3 Å². The predicted molar refractivity (Wildman–Crippen MR) is 48.1 cm³/mol. The predicted octanol–water partition coefficient (Wildman–Crippen LogP) is 1.55. The van der Waals surface area contributed by atoms with Gasteiger partial charge in [-0.3, -0.25) is 9.59 Å². The van der Waals surface area contributed by atoms with Gasteiger partial charge < -0.3 is 4.74 Å². The average Bonchev–Trinajstić information content (AvgIpc) is 2.31. The number of esters is 1. The lowest BCUT2D eigenvalue weighted by molar-refractivity contribution is -0.142. The second-order valence-electron chi connectivity index (χ2n) is 4.25. The molecule has 0 N–H and O–H groups in total. The summed E-state index contributed by atoms with van der Waals surface area (Å²) in [5, 5.41) is 0. The lowest BCUT2D eigenvalue weighted by atomic mass is 9.78. The molecule has 13 heavy (non-hydrogen) atoms. The largest absolute Gasteiger partial charge is 0.465 e. The molecule has 3 nitrogen and oxygen atoms in total. The van der Waals surface area contributed by atoms with Gasteiger partial charge in [-0.2, -0.15) is 0 Å². The molecule has 1 fully saturated rings. The molecule has 0 bridgehead atoms. The number of carbonyl (C=O) groups excluding carboxylic acids is 2. The Morgan fingerprint density at radius 2 is 2.23 bits per heavy atom. The van der Waals surface area contributed by atoms with Crippen molar-refractivity contribution < 1.29 is 14.3 Å².